The van der Waals surface area contributed by atoms with Crippen molar-refractivity contribution in [1.82, 2.24) is 0 Å². The Morgan fingerprint density at radius 2 is 1.81 bits per heavy atom. The van der Waals surface area contributed by atoms with Crippen molar-refractivity contribution < 1.29 is 14.3 Å². The molecule has 0 saturated carbocycles. The molecule has 0 saturated heterocycles. The highest BCUT2D eigenvalue weighted by Gasteiger charge is 2.17. The minimum absolute atomic E-state index is 0.0560. The molecule has 0 aliphatic rings. The average Bonchev–Trinajstić information content (AvgIpc) is 2.17. The van der Waals surface area contributed by atoms with Gasteiger partial charge in [-0.3, -0.25) is 0 Å². The van der Waals surface area contributed by atoms with E-state index < -0.39 is 12.1 Å². The average molecular weight is 224 g/mol. The van der Waals surface area contributed by atoms with E-state index in [1.54, 1.807) is 12.1 Å². The Bertz CT molecular complexity index is 363. The first-order chi connectivity index (χ1) is 7.30. The predicted molar refractivity (Wildman–Crippen MR) is 61.4 cm³/mol. The van der Waals surface area contributed by atoms with Gasteiger partial charge in [-0.25, -0.2) is 9.18 Å². The van der Waals surface area contributed by atoms with Gasteiger partial charge in [0, 0.05) is 6.42 Å². The maximum Gasteiger partial charge on any atom is 0.338 e. The molecule has 0 aliphatic carbocycles. The van der Waals surface area contributed by atoms with E-state index in [1.165, 1.54) is 0 Å². The SMILES string of the molecule is CC(C)(C)c1ccc(CC(F)C(=O)O)cc1. The van der Waals surface area contributed by atoms with Crippen LogP contribution in [0.4, 0.5) is 4.39 Å². The summed E-state index contributed by atoms with van der Waals surface area (Å²) in [4.78, 5) is 10.4. The quantitative estimate of drug-likeness (QED) is 0.857. The Hall–Kier alpha value is -1.38. The Labute approximate surface area is 95.1 Å². The Morgan fingerprint density at radius 3 is 2.19 bits per heavy atom. The van der Waals surface area contributed by atoms with E-state index in [2.05, 4.69) is 20.8 Å². The lowest BCUT2D eigenvalue weighted by Gasteiger charge is -2.19. The molecule has 0 aromatic heterocycles. The van der Waals surface area contributed by atoms with Gasteiger partial charge in [0.15, 0.2) is 0 Å². The van der Waals surface area contributed by atoms with E-state index in [9.17, 15) is 9.18 Å². The van der Waals surface area contributed by atoms with Crippen LogP contribution in [0.3, 0.4) is 0 Å². The molecule has 0 spiro atoms. The molecule has 1 N–H and O–H groups in total. The van der Waals surface area contributed by atoms with Gasteiger partial charge in [-0.15, -0.1) is 0 Å². The van der Waals surface area contributed by atoms with E-state index in [0.29, 0.717) is 5.56 Å². The van der Waals surface area contributed by atoms with Gasteiger partial charge in [0.25, 0.3) is 0 Å². The van der Waals surface area contributed by atoms with Gasteiger partial charge in [0.1, 0.15) is 0 Å². The summed E-state index contributed by atoms with van der Waals surface area (Å²) in [5.74, 6) is -1.40. The first-order valence-corrected chi connectivity index (χ1v) is 5.27. The van der Waals surface area contributed by atoms with Crippen LogP contribution in [0, 0.1) is 0 Å². The smallest absolute Gasteiger partial charge is 0.338 e. The predicted octanol–water partition coefficient (Wildman–Crippen LogP) is 2.95. The number of carboxylic acid groups (broad SMARTS) is 1. The molecule has 0 heterocycles. The summed E-state index contributed by atoms with van der Waals surface area (Å²) in [6.07, 6.45) is -1.89. The van der Waals surface area contributed by atoms with Gasteiger partial charge in [0.05, 0.1) is 0 Å². The van der Waals surface area contributed by atoms with Gasteiger partial charge in [-0.05, 0) is 16.5 Å². The van der Waals surface area contributed by atoms with Crippen molar-refractivity contribution >= 4 is 5.97 Å². The lowest BCUT2D eigenvalue weighted by molar-refractivity contribution is -0.142. The van der Waals surface area contributed by atoms with E-state index in [4.69, 9.17) is 5.11 Å². The molecule has 1 unspecified atom stereocenters. The number of carboxylic acids is 1. The molecule has 0 aliphatic heterocycles. The number of rotatable bonds is 3. The summed E-state index contributed by atoms with van der Waals surface area (Å²) in [6, 6.07) is 7.42. The molecular formula is C13H17FO2. The molecule has 0 radical (unpaired) electrons. The largest absolute Gasteiger partial charge is 0.479 e. The monoisotopic (exact) mass is 224 g/mol. The number of alkyl halides is 1. The lowest BCUT2D eigenvalue weighted by atomic mass is 9.86. The van der Waals surface area contributed by atoms with Gasteiger partial charge >= 0.3 is 5.97 Å². The van der Waals surface area contributed by atoms with Crippen LogP contribution in [0.25, 0.3) is 0 Å². The standard InChI is InChI=1S/C13H17FO2/c1-13(2,3)10-6-4-9(5-7-10)8-11(14)12(15)16/h4-7,11H,8H2,1-3H3,(H,15,16). The van der Waals surface area contributed by atoms with Crippen molar-refractivity contribution in [3.63, 3.8) is 0 Å². The lowest BCUT2D eigenvalue weighted by Crippen LogP contribution is -2.17. The van der Waals surface area contributed by atoms with Crippen LogP contribution in [0.5, 0.6) is 0 Å². The Balaban J connectivity index is 2.76. The first kappa shape index (κ1) is 12.7. The molecule has 88 valence electrons. The van der Waals surface area contributed by atoms with Gasteiger partial charge in [0.2, 0.25) is 6.17 Å². The van der Waals surface area contributed by atoms with Crippen LogP contribution in [0.15, 0.2) is 24.3 Å². The van der Waals surface area contributed by atoms with Crippen LogP contribution in [-0.2, 0) is 16.6 Å². The van der Waals surface area contributed by atoms with Crippen molar-refractivity contribution in [2.75, 3.05) is 0 Å². The van der Waals surface area contributed by atoms with E-state index in [0.717, 1.165) is 5.56 Å². The highest BCUT2D eigenvalue weighted by atomic mass is 19.1. The number of benzene rings is 1. The Kier molecular flexibility index (Phi) is 3.68. The fourth-order valence-electron chi connectivity index (χ4n) is 1.44. The third kappa shape index (κ3) is 3.33. The molecule has 1 rings (SSSR count). The Morgan fingerprint density at radius 1 is 1.31 bits per heavy atom. The molecule has 1 aromatic carbocycles. The molecule has 1 atom stereocenters. The maximum atomic E-state index is 12.9. The van der Waals surface area contributed by atoms with Gasteiger partial charge in [-0.1, -0.05) is 45.0 Å². The summed E-state index contributed by atoms with van der Waals surface area (Å²) in [5, 5.41) is 8.45. The van der Waals surface area contributed by atoms with E-state index in [1.807, 2.05) is 12.1 Å². The highest BCUT2D eigenvalue weighted by molar-refractivity contribution is 5.72. The van der Waals surface area contributed by atoms with Crippen LogP contribution in [-0.4, -0.2) is 17.2 Å². The molecule has 0 amide bonds. The zero-order chi connectivity index (χ0) is 12.3. The normalized spacial score (nSPS) is 13.5. The molecular weight excluding hydrogens is 207 g/mol. The fourth-order valence-corrected chi connectivity index (χ4v) is 1.44. The van der Waals surface area contributed by atoms with Crippen molar-refractivity contribution in [2.24, 2.45) is 0 Å². The minimum Gasteiger partial charge on any atom is -0.479 e. The van der Waals surface area contributed by atoms with E-state index in [-0.39, 0.29) is 11.8 Å². The summed E-state index contributed by atoms with van der Waals surface area (Å²) in [5.41, 5.74) is 1.92. The maximum absolute atomic E-state index is 12.9. The number of halogens is 1. The van der Waals surface area contributed by atoms with Crippen molar-refractivity contribution in [1.29, 1.82) is 0 Å². The van der Waals surface area contributed by atoms with Crippen LogP contribution in [0.2, 0.25) is 0 Å². The summed E-state index contributed by atoms with van der Waals surface area (Å²) >= 11 is 0. The van der Waals surface area contributed by atoms with Gasteiger partial charge in [-0.2, -0.15) is 0 Å². The summed E-state index contributed by atoms with van der Waals surface area (Å²) in [7, 11) is 0. The zero-order valence-electron chi connectivity index (χ0n) is 9.83. The number of hydrogen-bond acceptors (Lipinski definition) is 1. The van der Waals surface area contributed by atoms with Crippen molar-refractivity contribution in [3.05, 3.63) is 35.4 Å². The molecule has 0 fully saturated rings. The second-order valence-electron chi connectivity index (χ2n) is 4.96. The van der Waals surface area contributed by atoms with Crippen LogP contribution in [0.1, 0.15) is 31.9 Å². The fraction of sp³-hybridized carbons (Fsp3) is 0.462. The number of carbonyl (C=O) groups is 1. The van der Waals surface area contributed by atoms with Crippen LogP contribution >= 0.6 is 0 Å². The third-order valence-electron chi connectivity index (χ3n) is 2.50. The number of aliphatic carboxylic acids is 1. The molecule has 2 nitrogen and oxygen atoms in total. The molecule has 16 heavy (non-hydrogen) atoms. The zero-order valence-corrected chi connectivity index (χ0v) is 9.83. The number of hydrogen-bond donors (Lipinski definition) is 1. The second kappa shape index (κ2) is 4.64. The van der Waals surface area contributed by atoms with Crippen molar-refractivity contribution in [2.45, 2.75) is 38.8 Å². The third-order valence-corrected chi connectivity index (χ3v) is 2.50. The van der Waals surface area contributed by atoms with E-state index >= 15 is 0 Å². The van der Waals surface area contributed by atoms with Crippen molar-refractivity contribution in [3.8, 4) is 0 Å². The summed E-state index contributed by atoms with van der Waals surface area (Å²) in [6.45, 7) is 6.28. The van der Waals surface area contributed by atoms with Gasteiger partial charge < -0.3 is 5.11 Å². The summed E-state index contributed by atoms with van der Waals surface area (Å²) < 4.78 is 12.9. The highest BCUT2D eigenvalue weighted by Crippen LogP contribution is 2.22. The molecule has 1 aromatic rings. The second-order valence-corrected chi connectivity index (χ2v) is 4.96. The molecule has 0 bridgehead atoms. The molecule has 3 heteroatoms. The first-order valence-electron chi connectivity index (χ1n) is 5.27. The van der Waals surface area contributed by atoms with Crippen LogP contribution < -0.4 is 0 Å². The minimum atomic E-state index is -1.82. The topological polar surface area (TPSA) is 37.3 Å².